The zero-order chi connectivity index (χ0) is 17.4. The first-order valence-electron chi connectivity index (χ1n) is 8.89. The highest BCUT2D eigenvalue weighted by molar-refractivity contribution is 7.18. The van der Waals surface area contributed by atoms with E-state index < -0.39 is 0 Å². The van der Waals surface area contributed by atoms with Crippen LogP contribution in [0.3, 0.4) is 0 Å². The monoisotopic (exact) mass is 354 g/mol. The van der Waals surface area contributed by atoms with Gasteiger partial charge in [0.25, 0.3) is 5.56 Å². The van der Waals surface area contributed by atoms with Gasteiger partial charge in [0.1, 0.15) is 16.4 Å². The van der Waals surface area contributed by atoms with Crippen molar-refractivity contribution in [3.05, 3.63) is 45.1 Å². The topological polar surface area (TPSA) is 55.0 Å². The molecule has 25 heavy (non-hydrogen) atoms. The normalized spacial score (nSPS) is 14.0. The molecule has 5 heteroatoms. The minimum Gasteiger partial charge on any atom is -0.493 e. The summed E-state index contributed by atoms with van der Waals surface area (Å²) in [6.45, 7) is 4.94. The Bertz CT molecular complexity index is 954. The van der Waals surface area contributed by atoms with Gasteiger partial charge in [0.15, 0.2) is 0 Å². The molecule has 0 saturated heterocycles. The molecule has 0 unspecified atom stereocenters. The Balaban J connectivity index is 1.68. The van der Waals surface area contributed by atoms with Gasteiger partial charge in [0.05, 0.1) is 12.0 Å². The molecule has 0 atom stereocenters. The summed E-state index contributed by atoms with van der Waals surface area (Å²) in [4.78, 5) is 22.6. The lowest BCUT2D eigenvalue weighted by molar-refractivity contribution is 0.271. The second kappa shape index (κ2) is 6.64. The summed E-state index contributed by atoms with van der Waals surface area (Å²) in [7, 11) is 0. The van der Waals surface area contributed by atoms with E-state index in [0.717, 1.165) is 40.8 Å². The second-order valence-corrected chi connectivity index (χ2v) is 8.12. The summed E-state index contributed by atoms with van der Waals surface area (Å²) in [6.07, 6.45) is 4.45. The number of hydrogen-bond acceptors (Lipinski definition) is 4. The molecule has 0 amide bonds. The van der Waals surface area contributed by atoms with Crippen LogP contribution >= 0.6 is 11.3 Å². The Morgan fingerprint density at radius 2 is 1.96 bits per heavy atom. The van der Waals surface area contributed by atoms with Crippen LogP contribution in [-0.2, 0) is 12.8 Å². The van der Waals surface area contributed by atoms with Crippen LogP contribution in [0.2, 0.25) is 0 Å². The van der Waals surface area contributed by atoms with Crippen LogP contribution in [0.25, 0.3) is 21.6 Å². The van der Waals surface area contributed by atoms with E-state index in [-0.39, 0.29) is 5.56 Å². The van der Waals surface area contributed by atoms with Gasteiger partial charge in [-0.3, -0.25) is 4.79 Å². The lowest BCUT2D eigenvalue weighted by Gasteiger charge is -2.10. The maximum atomic E-state index is 12.6. The van der Waals surface area contributed by atoms with Crippen molar-refractivity contribution in [2.75, 3.05) is 6.61 Å². The second-order valence-electron chi connectivity index (χ2n) is 7.03. The Hall–Kier alpha value is -2.14. The van der Waals surface area contributed by atoms with Gasteiger partial charge in [0, 0.05) is 10.4 Å². The fourth-order valence-corrected chi connectivity index (χ4v) is 4.53. The van der Waals surface area contributed by atoms with Crippen molar-refractivity contribution in [1.82, 2.24) is 9.97 Å². The standard InChI is InChI=1S/C20H22N2O2S/c1-12(2)11-24-14-9-7-13(8-10-14)18-21-19(23)17-15-5-3-4-6-16(15)25-20(17)22-18/h7-10,12H,3-6,11H2,1-2H3,(H,21,22,23). The number of thiophene rings is 1. The van der Waals surface area contributed by atoms with Crippen molar-refractivity contribution in [2.45, 2.75) is 39.5 Å². The third-order valence-corrected chi connectivity index (χ3v) is 5.72. The van der Waals surface area contributed by atoms with E-state index in [1.165, 1.54) is 16.9 Å². The number of ether oxygens (including phenoxy) is 1. The molecule has 1 aromatic carbocycles. The number of rotatable bonds is 4. The van der Waals surface area contributed by atoms with Crippen LogP contribution in [0.1, 0.15) is 37.1 Å². The van der Waals surface area contributed by atoms with Gasteiger partial charge in [-0.1, -0.05) is 13.8 Å². The number of nitrogens with zero attached hydrogens (tertiary/aromatic N) is 1. The van der Waals surface area contributed by atoms with Crippen LogP contribution in [0.15, 0.2) is 29.1 Å². The molecule has 0 aliphatic heterocycles. The number of benzene rings is 1. The highest BCUT2D eigenvalue weighted by Gasteiger charge is 2.20. The zero-order valence-electron chi connectivity index (χ0n) is 14.6. The molecule has 1 N–H and O–H groups in total. The summed E-state index contributed by atoms with van der Waals surface area (Å²) in [5.41, 5.74) is 2.12. The molecule has 0 saturated carbocycles. The van der Waals surface area contributed by atoms with Gasteiger partial charge in [0.2, 0.25) is 0 Å². The third kappa shape index (κ3) is 3.21. The molecule has 3 aromatic rings. The number of aryl methyl sites for hydroxylation is 2. The number of nitrogens with one attached hydrogen (secondary N) is 1. The first-order valence-corrected chi connectivity index (χ1v) is 9.71. The quantitative estimate of drug-likeness (QED) is 0.747. The summed E-state index contributed by atoms with van der Waals surface area (Å²) in [6, 6.07) is 7.77. The van der Waals surface area contributed by atoms with Crippen molar-refractivity contribution < 1.29 is 4.74 Å². The molecular formula is C20H22N2O2S. The van der Waals surface area contributed by atoms with E-state index in [1.54, 1.807) is 11.3 Å². The van der Waals surface area contributed by atoms with Crippen LogP contribution in [0, 0.1) is 5.92 Å². The summed E-state index contributed by atoms with van der Waals surface area (Å²) in [5.74, 6) is 1.96. The van der Waals surface area contributed by atoms with E-state index in [0.29, 0.717) is 18.3 Å². The highest BCUT2D eigenvalue weighted by Crippen LogP contribution is 2.34. The largest absolute Gasteiger partial charge is 0.493 e. The lowest BCUT2D eigenvalue weighted by atomic mass is 9.97. The fourth-order valence-electron chi connectivity index (χ4n) is 3.27. The Morgan fingerprint density at radius 1 is 1.20 bits per heavy atom. The average molecular weight is 354 g/mol. The third-order valence-electron chi connectivity index (χ3n) is 4.54. The number of fused-ring (bicyclic) bond motifs is 3. The Labute approximate surface area is 150 Å². The number of H-pyrrole nitrogens is 1. The maximum Gasteiger partial charge on any atom is 0.260 e. The van der Waals surface area contributed by atoms with E-state index in [9.17, 15) is 4.79 Å². The van der Waals surface area contributed by atoms with Crippen LogP contribution in [0.4, 0.5) is 0 Å². The maximum absolute atomic E-state index is 12.6. The number of aromatic nitrogens is 2. The van der Waals surface area contributed by atoms with Gasteiger partial charge in [-0.15, -0.1) is 11.3 Å². The predicted octanol–water partition coefficient (Wildman–Crippen LogP) is 4.57. The summed E-state index contributed by atoms with van der Waals surface area (Å²) < 4.78 is 5.72. The van der Waals surface area contributed by atoms with E-state index in [2.05, 4.69) is 18.8 Å². The molecule has 0 fully saturated rings. The predicted molar refractivity (Wildman–Crippen MR) is 103 cm³/mol. The minimum atomic E-state index is -0.0143. The number of hydrogen-bond donors (Lipinski definition) is 1. The molecular weight excluding hydrogens is 332 g/mol. The van der Waals surface area contributed by atoms with Crippen molar-refractivity contribution in [3.8, 4) is 17.1 Å². The highest BCUT2D eigenvalue weighted by atomic mass is 32.1. The molecule has 1 aliphatic rings. The molecule has 4 nitrogen and oxygen atoms in total. The molecule has 130 valence electrons. The molecule has 0 spiro atoms. The van der Waals surface area contributed by atoms with Crippen LogP contribution in [0.5, 0.6) is 5.75 Å². The fraction of sp³-hybridized carbons (Fsp3) is 0.400. The first kappa shape index (κ1) is 16.3. The Kier molecular flexibility index (Phi) is 4.34. The van der Waals surface area contributed by atoms with Gasteiger partial charge >= 0.3 is 0 Å². The zero-order valence-corrected chi connectivity index (χ0v) is 15.4. The molecule has 2 heterocycles. The van der Waals surface area contributed by atoms with Crippen molar-refractivity contribution in [3.63, 3.8) is 0 Å². The molecule has 2 aromatic heterocycles. The van der Waals surface area contributed by atoms with E-state index in [4.69, 9.17) is 9.72 Å². The first-order chi connectivity index (χ1) is 12.1. The van der Waals surface area contributed by atoms with Gasteiger partial charge in [-0.05, 0) is 61.4 Å². The van der Waals surface area contributed by atoms with E-state index in [1.807, 2.05) is 24.3 Å². The van der Waals surface area contributed by atoms with Crippen LogP contribution in [-0.4, -0.2) is 16.6 Å². The summed E-state index contributed by atoms with van der Waals surface area (Å²) in [5, 5.41) is 0.806. The van der Waals surface area contributed by atoms with Crippen molar-refractivity contribution in [2.24, 2.45) is 5.92 Å². The SMILES string of the molecule is CC(C)COc1ccc(-c2nc3sc4c(c3c(=O)[nH]2)CCCC4)cc1. The average Bonchev–Trinajstić information content (AvgIpc) is 2.99. The lowest BCUT2D eigenvalue weighted by Crippen LogP contribution is -2.11. The molecule has 1 aliphatic carbocycles. The van der Waals surface area contributed by atoms with Gasteiger partial charge in [-0.2, -0.15) is 0 Å². The smallest absolute Gasteiger partial charge is 0.260 e. The minimum absolute atomic E-state index is 0.0143. The van der Waals surface area contributed by atoms with Crippen LogP contribution < -0.4 is 10.3 Å². The number of aromatic amines is 1. The molecule has 0 radical (unpaired) electrons. The molecule has 4 rings (SSSR count). The Morgan fingerprint density at radius 3 is 2.72 bits per heavy atom. The van der Waals surface area contributed by atoms with E-state index >= 15 is 0 Å². The molecule has 0 bridgehead atoms. The van der Waals surface area contributed by atoms with Crippen molar-refractivity contribution >= 4 is 21.6 Å². The van der Waals surface area contributed by atoms with Gasteiger partial charge < -0.3 is 9.72 Å². The summed E-state index contributed by atoms with van der Waals surface area (Å²) >= 11 is 1.68. The van der Waals surface area contributed by atoms with Gasteiger partial charge in [-0.25, -0.2) is 4.98 Å². The van der Waals surface area contributed by atoms with Crippen molar-refractivity contribution in [1.29, 1.82) is 0 Å².